The molecule has 6 nitrogen and oxygen atoms in total. The first kappa shape index (κ1) is 20.5. The van der Waals surface area contributed by atoms with E-state index in [2.05, 4.69) is 47.5 Å². The van der Waals surface area contributed by atoms with Gasteiger partial charge >= 0.3 is 0 Å². The third-order valence-corrected chi connectivity index (χ3v) is 6.49. The van der Waals surface area contributed by atoms with Gasteiger partial charge in [0.05, 0.1) is 11.4 Å². The number of primary sulfonamides is 1. The van der Waals surface area contributed by atoms with Crippen LogP contribution in [0.2, 0.25) is 0 Å². The number of nitrogens with one attached hydrogen (secondary N) is 1. The lowest BCUT2D eigenvalue weighted by Gasteiger charge is -2.29. The van der Waals surface area contributed by atoms with Gasteiger partial charge in [0.15, 0.2) is 0 Å². The number of nitrogens with zero attached hydrogens (tertiary/aromatic N) is 1. The highest BCUT2D eigenvalue weighted by molar-refractivity contribution is 7.89. The van der Waals surface area contributed by atoms with E-state index in [0.29, 0.717) is 11.7 Å². The van der Waals surface area contributed by atoms with E-state index in [1.807, 2.05) is 12.1 Å². The van der Waals surface area contributed by atoms with E-state index in [1.54, 1.807) is 12.1 Å². The Morgan fingerprint density at radius 2 is 1.73 bits per heavy atom. The van der Waals surface area contributed by atoms with Crippen LogP contribution < -0.4 is 10.5 Å². The number of nitrogens with two attached hydrogens (primary N) is 1. The molecule has 4 rings (SSSR count). The van der Waals surface area contributed by atoms with E-state index in [-0.39, 0.29) is 23.4 Å². The lowest BCUT2D eigenvalue weighted by atomic mass is 10.0. The summed E-state index contributed by atoms with van der Waals surface area (Å²) in [6, 6.07) is 21.1. The summed E-state index contributed by atoms with van der Waals surface area (Å²) in [4.78, 5) is 14.9. The Morgan fingerprint density at radius 3 is 2.37 bits per heavy atom. The number of hydrogen-bond acceptors (Lipinski definition) is 4. The summed E-state index contributed by atoms with van der Waals surface area (Å²) in [5.41, 5.74) is 1.73. The maximum absolute atomic E-state index is 12.7. The lowest BCUT2D eigenvalue weighted by Crippen LogP contribution is -2.36. The molecule has 30 heavy (non-hydrogen) atoms. The van der Waals surface area contributed by atoms with E-state index < -0.39 is 10.0 Å². The van der Waals surface area contributed by atoms with E-state index in [0.717, 1.165) is 12.8 Å². The number of sulfonamides is 1. The smallest absolute Gasteiger partial charge is 0.238 e. The number of carbonyl (C=O) groups is 1. The largest absolute Gasteiger partial charge is 0.325 e. The Hall–Kier alpha value is -2.74. The summed E-state index contributed by atoms with van der Waals surface area (Å²) in [6.45, 7) is 2.41. The normalized spacial score (nSPS) is 15.3. The number of hydrogen-bond donors (Lipinski definition) is 2. The monoisotopic (exact) mass is 423 g/mol. The third-order valence-electron chi connectivity index (χ3n) is 5.56. The Kier molecular flexibility index (Phi) is 5.60. The number of amides is 1. The van der Waals surface area contributed by atoms with Crippen LogP contribution in [0, 0.1) is 0 Å². The van der Waals surface area contributed by atoms with Gasteiger partial charge in [-0.2, -0.15) is 0 Å². The number of benzene rings is 3. The quantitative estimate of drug-likeness (QED) is 0.607. The van der Waals surface area contributed by atoms with Crippen LogP contribution >= 0.6 is 0 Å². The summed E-state index contributed by atoms with van der Waals surface area (Å²) >= 11 is 0. The molecule has 3 N–H and O–H groups in total. The third kappa shape index (κ3) is 4.70. The first-order chi connectivity index (χ1) is 14.3. The van der Waals surface area contributed by atoms with Crippen LogP contribution in [0.4, 0.5) is 5.69 Å². The van der Waals surface area contributed by atoms with Gasteiger partial charge in [-0.25, -0.2) is 13.6 Å². The van der Waals surface area contributed by atoms with Crippen molar-refractivity contribution in [2.45, 2.75) is 36.7 Å². The number of fused-ring (bicyclic) bond motifs is 1. The van der Waals surface area contributed by atoms with Crippen molar-refractivity contribution in [2.24, 2.45) is 5.14 Å². The van der Waals surface area contributed by atoms with Crippen molar-refractivity contribution >= 4 is 32.4 Å². The van der Waals surface area contributed by atoms with Crippen molar-refractivity contribution in [1.82, 2.24) is 4.90 Å². The van der Waals surface area contributed by atoms with Gasteiger partial charge in [0.2, 0.25) is 15.9 Å². The van der Waals surface area contributed by atoms with Gasteiger partial charge < -0.3 is 5.32 Å². The fourth-order valence-corrected chi connectivity index (χ4v) is 4.26. The summed E-state index contributed by atoms with van der Waals surface area (Å²) in [5, 5.41) is 10.4. The number of carbonyl (C=O) groups excluding carboxylic acids is 1. The Morgan fingerprint density at radius 1 is 1.07 bits per heavy atom. The van der Waals surface area contributed by atoms with Gasteiger partial charge in [0, 0.05) is 17.8 Å². The second-order valence-electron chi connectivity index (χ2n) is 7.80. The van der Waals surface area contributed by atoms with Gasteiger partial charge in [-0.1, -0.05) is 36.4 Å². The fourth-order valence-electron chi connectivity index (χ4n) is 3.74. The SMILES string of the molecule is CC(c1ccc2ccccc2c1)N(CC(=O)Nc1ccc(S(N)(=O)=O)cc1)C1CC1. The Labute approximate surface area is 176 Å². The molecule has 1 aliphatic carbocycles. The molecule has 1 aliphatic rings. The van der Waals surface area contributed by atoms with E-state index in [4.69, 9.17) is 5.14 Å². The van der Waals surface area contributed by atoms with Crippen LogP contribution in [-0.4, -0.2) is 31.8 Å². The zero-order valence-electron chi connectivity index (χ0n) is 16.8. The highest BCUT2D eigenvalue weighted by Crippen LogP contribution is 2.35. The highest BCUT2D eigenvalue weighted by atomic mass is 32.2. The molecule has 1 fully saturated rings. The van der Waals surface area contributed by atoms with Crippen molar-refractivity contribution in [1.29, 1.82) is 0 Å². The maximum Gasteiger partial charge on any atom is 0.238 e. The molecule has 0 aromatic heterocycles. The molecule has 7 heteroatoms. The second-order valence-corrected chi connectivity index (χ2v) is 9.37. The molecule has 3 aromatic rings. The number of anilines is 1. The first-order valence-electron chi connectivity index (χ1n) is 9.98. The van der Waals surface area contributed by atoms with Gasteiger partial charge in [-0.05, 0) is 66.4 Å². The Bertz CT molecular complexity index is 1170. The molecule has 0 bridgehead atoms. The minimum absolute atomic E-state index is 0.0185. The molecule has 3 aromatic carbocycles. The van der Waals surface area contributed by atoms with E-state index in [9.17, 15) is 13.2 Å². The number of rotatable bonds is 7. The highest BCUT2D eigenvalue weighted by Gasteiger charge is 2.34. The molecule has 1 saturated carbocycles. The summed E-state index contributed by atoms with van der Waals surface area (Å²) in [5.74, 6) is -0.127. The summed E-state index contributed by atoms with van der Waals surface area (Å²) in [6.07, 6.45) is 2.18. The zero-order chi connectivity index (χ0) is 21.3. The minimum Gasteiger partial charge on any atom is -0.325 e. The summed E-state index contributed by atoms with van der Waals surface area (Å²) in [7, 11) is -3.75. The Balaban J connectivity index is 1.47. The van der Waals surface area contributed by atoms with Crippen molar-refractivity contribution in [3.8, 4) is 0 Å². The van der Waals surface area contributed by atoms with Crippen LogP contribution in [0.1, 0.15) is 31.4 Å². The molecule has 0 saturated heterocycles. The van der Waals surface area contributed by atoms with E-state index in [1.165, 1.54) is 28.5 Å². The minimum atomic E-state index is -3.75. The molecule has 0 spiro atoms. The van der Waals surface area contributed by atoms with Crippen molar-refractivity contribution in [2.75, 3.05) is 11.9 Å². The fraction of sp³-hybridized carbons (Fsp3) is 0.261. The van der Waals surface area contributed by atoms with Gasteiger partial charge in [-0.3, -0.25) is 9.69 Å². The predicted octanol–water partition coefficient (Wildman–Crippen LogP) is 3.65. The van der Waals surface area contributed by atoms with Gasteiger partial charge in [0.1, 0.15) is 0 Å². The summed E-state index contributed by atoms with van der Waals surface area (Å²) < 4.78 is 22.7. The van der Waals surface area contributed by atoms with Crippen LogP contribution in [-0.2, 0) is 14.8 Å². The maximum atomic E-state index is 12.7. The molecule has 1 amide bonds. The van der Waals surface area contributed by atoms with E-state index >= 15 is 0 Å². The molecule has 0 heterocycles. The second kappa shape index (κ2) is 8.18. The molecule has 0 aliphatic heterocycles. The first-order valence-corrected chi connectivity index (χ1v) is 11.5. The van der Waals surface area contributed by atoms with Crippen LogP contribution in [0.5, 0.6) is 0 Å². The molecule has 1 atom stereocenters. The molecule has 156 valence electrons. The van der Waals surface area contributed by atoms with Crippen molar-refractivity contribution < 1.29 is 13.2 Å². The van der Waals surface area contributed by atoms with Crippen LogP contribution in [0.25, 0.3) is 10.8 Å². The average Bonchev–Trinajstić information content (AvgIpc) is 3.56. The predicted molar refractivity (Wildman–Crippen MR) is 119 cm³/mol. The van der Waals surface area contributed by atoms with Crippen LogP contribution in [0.3, 0.4) is 0 Å². The molecular formula is C23H25N3O3S. The van der Waals surface area contributed by atoms with Crippen molar-refractivity contribution in [3.05, 3.63) is 72.3 Å². The van der Waals surface area contributed by atoms with Gasteiger partial charge in [-0.15, -0.1) is 0 Å². The standard InChI is InChI=1S/C23H25N3O3S/c1-16(18-7-6-17-4-2-3-5-19(17)14-18)26(21-10-11-21)15-23(27)25-20-8-12-22(13-9-20)30(24,28)29/h2-9,12-14,16,21H,10-11,15H2,1H3,(H,25,27)(H2,24,28,29). The zero-order valence-corrected chi connectivity index (χ0v) is 17.6. The van der Waals surface area contributed by atoms with Crippen molar-refractivity contribution in [3.63, 3.8) is 0 Å². The molecule has 0 radical (unpaired) electrons. The van der Waals surface area contributed by atoms with Crippen LogP contribution in [0.15, 0.2) is 71.6 Å². The van der Waals surface area contributed by atoms with Gasteiger partial charge in [0.25, 0.3) is 0 Å². The molecular weight excluding hydrogens is 398 g/mol. The average molecular weight is 424 g/mol. The topological polar surface area (TPSA) is 92.5 Å². The molecule has 1 unspecified atom stereocenters. The lowest BCUT2D eigenvalue weighted by molar-refractivity contribution is -0.118.